The van der Waals surface area contributed by atoms with E-state index in [1.165, 1.54) is 36.7 Å². The van der Waals surface area contributed by atoms with Crippen LogP contribution in [0.4, 0.5) is 14.5 Å². The van der Waals surface area contributed by atoms with Gasteiger partial charge in [-0.15, -0.1) is 0 Å². The Bertz CT molecular complexity index is 537. The van der Waals surface area contributed by atoms with Gasteiger partial charge in [-0.25, -0.2) is 4.68 Å². The first-order valence-electron chi connectivity index (χ1n) is 4.65. The molecule has 0 radical (unpaired) electrons. The van der Waals surface area contributed by atoms with Gasteiger partial charge >= 0.3 is 6.55 Å². The van der Waals surface area contributed by atoms with Crippen LogP contribution in [0.2, 0.25) is 0 Å². The molecular weight excluding hydrogens is 232 g/mol. The van der Waals surface area contributed by atoms with E-state index in [1.807, 2.05) is 0 Å². The number of nitro groups is 1. The monoisotopic (exact) mass is 239 g/mol. The van der Waals surface area contributed by atoms with E-state index in [2.05, 4.69) is 5.10 Å². The van der Waals surface area contributed by atoms with Crippen molar-refractivity contribution in [3.8, 4) is 11.1 Å². The molecule has 0 aliphatic rings. The fourth-order valence-electron chi connectivity index (χ4n) is 1.37. The first-order valence-corrected chi connectivity index (χ1v) is 4.65. The van der Waals surface area contributed by atoms with Gasteiger partial charge in [0, 0.05) is 23.9 Å². The third kappa shape index (κ3) is 2.27. The summed E-state index contributed by atoms with van der Waals surface area (Å²) in [7, 11) is 0. The summed E-state index contributed by atoms with van der Waals surface area (Å²) in [6.07, 6.45) is 2.47. The van der Waals surface area contributed by atoms with Gasteiger partial charge in [0.2, 0.25) is 0 Å². The predicted octanol–water partition coefficient (Wildman–Crippen LogP) is 2.85. The maximum absolute atomic E-state index is 12.3. The number of halogens is 2. The van der Waals surface area contributed by atoms with Gasteiger partial charge in [0.1, 0.15) is 0 Å². The largest absolute Gasteiger partial charge is 0.333 e. The zero-order valence-corrected chi connectivity index (χ0v) is 8.46. The quantitative estimate of drug-likeness (QED) is 0.611. The number of alkyl halides is 2. The molecular formula is C10H7F2N3O2. The van der Waals surface area contributed by atoms with Crippen LogP contribution < -0.4 is 0 Å². The Morgan fingerprint density at radius 1 is 1.24 bits per heavy atom. The topological polar surface area (TPSA) is 61.0 Å². The van der Waals surface area contributed by atoms with E-state index in [-0.39, 0.29) is 5.69 Å². The van der Waals surface area contributed by atoms with E-state index in [9.17, 15) is 18.9 Å². The molecule has 2 aromatic rings. The highest BCUT2D eigenvalue weighted by Gasteiger charge is 2.10. The van der Waals surface area contributed by atoms with Crippen molar-refractivity contribution in [2.24, 2.45) is 0 Å². The molecule has 2 rings (SSSR count). The number of hydrogen-bond acceptors (Lipinski definition) is 3. The van der Waals surface area contributed by atoms with E-state index in [1.54, 1.807) is 0 Å². The van der Waals surface area contributed by atoms with Crippen LogP contribution in [0.15, 0.2) is 36.7 Å². The van der Waals surface area contributed by atoms with Crippen LogP contribution in [-0.2, 0) is 0 Å². The Morgan fingerprint density at radius 2 is 1.88 bits per heavy atom. The van der Waals surface area contributed by atoms with Gasteiger partial charge in [-0.3, -0.25) is 10.1 Å². The van der Waals surface area contributed by atoms with Gasteiger partial charge in [-0.2, -0.15) is 13.9 Å². The Morgan fingerprint density at radius 3 is 2.35 bits per heavy atom. The Balaban J connectivity index is 2.30. The van der Waals surface area contributed by atoms with Crippen LogP contribution in [0.1, 0.15) is 6.55 Å². The molecule has 0 N–H and O–H groups in total. The molecule has 0 spiro atoms. The van der Waals surface area contributed by atoms with Crippen LogP contribution in [0.25, 0.3) is 11.1 Å². The van der Waals surface area contributed by atoms with E-state index in [0.29, 0.717) is 15.8 Å². The molecule has 0 unspecified atom stereocenters. The van der Waals surface area contributed by atoms with Crippen LogP contribution in [0, 0.1) is 10.1 Å². The normalized spacial score (nSPS) is 10.8. The first-order chi connectivity index (χ1) is 8.08. The fourth-order valence-corrected chi connectivity index (χ4v) is 1.37. The van der Waals surface area contributed by atoms with Crippen molar-refractivity contribution in [1.82, 2.24) is 9.78 Å². The zero-order valence-electron chi connectivity index (χ0n) is 8.46. The van der Waals surface area contributed by atoms with E-state index < -0.39 is 11.5 Å². The molecule has 0 saturated heterocycles. The summed E-state index contributed by atoms with van der Waals surface area (Å²) in [6, 6.07) is 5.61. The summed E-state index contributed by atoms with van der Waals surface area (Å²) in [6.45, 7) is -2.69. The van der Waals surface area contributed by atoms with E-state index >= 15 is 0 Å². The van der Waals surface area contributed by atoms with Crippen molar-refractivity contribution < 1.29 is 13.7 Å². The van der Waals surface area contributed by atoms with Gasteiger partial charge in [-0.1, -0.05) is 0 Å². The van der Waals surface area contributed by atoms with Gasteiger partial charge < -0.3 is 0 Å². The van der Waals surface area contributed by atoms with Crippen molar-refractivity contribution in [3.63, 3.8) is 0 Å². The van der Waals surface area contributed by atoms with Crippen LogP contribution in [0.5, 0.6) is 0 Å². The summed E-state index contributed by atoms with van der Waals surface area (Å²) in [5.41, 5.74) is 1.04. The molecule has 1 heterocycles. The molecule has 1 aromatic heterocycles. The molecule has 88 valence electrons. The number of rotatable bonds is 3. The van der Waals surface area contributed by atoms with Crippen LogP contribution in [-0.4, -0.2) is 14.7 Å². The summed E-state index contributed by atoms with van der Waals surface area (Å²) in [5.74, 6) is 0. The minimum atomic E-state index is -2.69. The lowest BCUT2D eigenvalue weighted by atomic mass is 10.1. The van der Waals surface area contributed by atoms with Crippen molar-refractivity contribution in [2.75, 3.05) is 0 Å². The number of nitro benzene ring substituents is 1. The Kier molecular flexibility index (Phi) is 2.82. The van der Waals surface area contributed by atoms with Gasteiger partial charge in [0.05, 0.1) is 11.1 Å². The maximum Gasteiger partial charge on any atom is 0.333 e. The van der Waals surface area contributed by atoms with Gasteiger partial charge in [0.25, 0.3) is 5.69 Å². The Hall–Kier alpha value is -2.31. The molecule has 0 amide bonds. The highest BCUT2D eigenvalue weighted by molar-refractivity contribution is 5.63. The molecule has 7 heteroatoms. The van der Waals surface area contributed by atoms with E-state index in [4.69, 9.17) is 0 Å². The number of non-ortho nitro benzene ring substituents is 1. The molecule has 0 fully saturated rings. The van der Waals surface area contributed by atoms with Crippen molar-refractivity contribution >= 4 is 5.69 Å². The second kappa shape index (κ2) is 4.28. The van der Waals surface area contributed by atoms with Crippen LogP contribution >= 0.6 is 0 Å². The predicted molar refractivity (Wildman–Crippen MR) is 55.6 cm³/mol. The van der Waals surface area contributed by atoms with Crippen molar-refractivity contribution in [1.29, 1.82) is 0 Å². The second-order valence-electron chi connectivity index (χ2n) is 3.29. The zero-order chi connectivity index (χ0) is 12.4. The number of benzene rings is 1. The fraction of sp³-hybridized carbons (Fsp3) is 0.100. The Labute approximate surface area is 94.4 Å². The third-order valence-corrected chi connectivity index (χ3v) is 2.21. The smallest absolute Gasteiger partial charge is 0.258 e. The molecule has 1 aromatic carbocycles. The van der Waals surface area contributed by atoms with Gasteiger partial charge in [0.15, 0.2) is 0 Å². The molecule has 0 bridgehead atoms. The average Bonchev–Trinajstić information content (AvgIpc) is 2.78. The first kappa shape index (κ1) is 11.2. The molecule has 0 saturated carbocycles. The van der Waals surface area contributed by atoms with Crippen molar-refractivity contribution in [3.05, 3.63) is 46.8 Å². The number of hydrogen-bond donors (Lipinski definition) is 0. The lowest BCUT2D eigenvalue weighted by Gasteiger charge is -1.97. The third-order valence-electron chi connectivity index (χ3n) is 2.21. The highest BCUT2D eigenvalue weighted by Crippen LogP contribution is 2.23. The second-order valence-corrected chi connectivity index (χ2v) is 3.29. The minimum Gasteiger partial charge on any atom is -0.258 e. The van der Waals surface area contributed by atoms with Gasteiger partial charge in [-0.05, 0) is 17.7 Å². The van der Waals surface area contributed by atoms with Crippen molar-refractivity contribution in [2.45, 2.75) is 6.55 Å². The summed E-state index contributed by atoms with van der Waals surface area (Å²) >= 11 is 0. The maximum atomic E-state index is 12.3. The highest BCUT2D eigenvalue weighted by atomic mass is 19.3. The molecule has 0 aliphatic carbocycles. The average molecular weight is 239 g/mol. The number of nitrogens with zero attached hydrogens (tertiary/aromatic N) is 3. The minimum absolute atomic E-state index is 0.0463. The van der Waals surface area contributed by atoms with Crippen LogP contribution in [0.3, 0.4) is 0 Å². The summed E-state index contributed by atoms with van der Waals surface area (Å²) in [5, 5.41) is 13.9. The molecule has 0 aliphatic heterocycles. The number of aromatic nitrogens is 2. The summed E-state index contributed by atoms with van der Waals surface area (Å²) in [4.78, 5) is 9.91. The lowest BCUT2D eigenvalue weighted by molar-refractivity contribution is -0.384. The SMILES string of the molecule is O=[N+]([O-])c1ccc(-c2cnn(C(F)F)c2)cc1. The molecule has 5 nitrogen and oxygen atoms in total. The lowest BCUT2D eigenvalue weighted by Crippen LogP contribution is -1.96. The molecule has 0 atom stereocenters. The standard InChI is InChI=1S/C10H7F2N3O2/c11-10(12)14-6-8(5-13-14)7-1-3-9(4-2-7)15(16)17/h1-6,10H. The summed E-state index contributed by atoms with van der Waals surface area (Å²) < 4.78 is 25.1. The molecule has 17 heavy (non-hydrogen) atoms. The van der Waals surface area contributed by atoms with E-state index in [0.717, 1.165) is 0 Å².